The molecular weight excluding hydrogens is 362 g/mol. The highest BCUT2D eigenvalue weighted by Crippen LogP contribution is 2.44. The number of benzene rings is 1. The van der Waals surface area contributed by atoms with Gasteiger partial charge in [0.2, 0.25) is 5.56 Å². The summed E-state index contributed by atoms with van der Waals surface area (Å²) in [4.78, 5) is 32.5. The minimum absolute atomic E-state index is 0.0118. The van der Waals surface area contributed by atoms with Crippen LogP contribution in [-0.2, 0) is 0 Å². The van der Waals surface area contributed by atoms with Crippen LogP contribution in [0.1, 0.15) is 53.3 Å². The molecule has 1 aromatic heterocycles. The summed E-state index contributed by atoms with van der Waals surface area (Å²) in [7, 11) is 0. The second-order valence-corrected chi connectivity index (χ2v) is 9.11. The van der Waals surface area contributed by atoms with Gasteiger partial charge in [0.15, 0.2) is 0 Å². The van der Waals surface area contributed by atoms with E-state index >= 15 is 0 Å². The Morgan fingerprint density at radius 1 is 1.07 bits per heavy atom. The van der Waals surface area contributed by atoms with Gasteiger partial charge in [0, 0.05) is 49.0 Å². The zero-order valence-corrected chi connectivity index (χ0v) is 17.0. The topological polar surface area (TPSA) is 56.4 Å². The highest BCUT2D eigenvalue weighted by atomic mass is 16.2. The zero-order chi connectivity index (χ0) is 20.0. The van der Waals surface area contributed by atoms with Gasteiger partial charge >= 0.3 is 0 Å². The van der Waals surface area contributed by atoms with Crippen LogP contribution in [0.4, 0.5) is 0 Å². The van der Waals surface area contributed by atoms with Crippen LogP contribution in [0.25, 0.3) is 0 Å². The molecule has 2 aromatic rings. The normalized spacial score (nSPS) is 29.3. The predicted octanol–water partition coefficient (Wildman–Crippen LogP) is 3.37. The minimum Gasteiger partial charge on any atom is -0.338 e. The largest absolute Gasteiger partial charge is 0.338 e. The third kappa shape index (κ3) is 3.52. The molecule has 29 heavy (non-hydrogen) atoms. The van der Waals surface area contributed by atoms with Crippen molar-refractivity contribution in [2.24, 2.45) is 11.8 Å². The van der Waals surface area contributed by atoms with Crippen molar-refractivity contribution in [1.29, 1.82) is 0 Å². The molecule has 3 fully saturated rings. The SMILES string of the molecule is Cc1cc(C(=O)N2C[C@@H]3C[C@H](C2)[C@@H]2CCC[C@H](c4ccccc4)N2C3)cc(=O)[nH]1. The number of rotatable bonds is 2. The van der Waals surface area contributed by atoms with Crippen molar-refractivity contribution in [2.45, 2.75) is 44.7 Å². The van der Waals surface area contributed by atoms with E-state index in [2.05, 4.69) is 40.2 Å². The number of fused-ring (bicyclic) bond motifs is 4. The molecule has 5 rings (SSSR count). The summed E-state index contributed by atoms with van der Waals surface area (Å²) in [5.41, 5.74) is 2.50. The number of nitrogens with one attached hydrogen (secondary N) is 1. The maximum Gasteiger partial charge on any atom is 0.254 e. The number of carbonyl (C=O) groups excluding carboxylic acids is 1. The lowest BCUT2D eigenvalue weighted by atomic mass is 9.74. The Bertz CT molecular complexity index is 954. The smallest absolute Gasteiger partial charge is 0.254 e. The van der Waals surface area contributed by atoms with Crippen LogP contribution in [0.5, 0.6) is 0 Å². The van der Waals surface area contributed by atoms with E-state index in [1.54, 1.807) is 6.07 Å². The number of hydrogen-bond donors (Lipinski definition) is 1. The molecule has 1 N–H and O–H groups in total. The maximum absolute atomic E-state index is 13.1. The molecule has 0 radical (unpaired) electrons. The number of likely N-dealkylation sites (tertiary alicyclic amines) is 1. The Morgan fingerprint density at radius 3 is 2.69 bits per heavy atom. The van der Waals surface area contributed by atoms with E-state index in [1.807, 2.05) is 11.8 Å². The van der Waals surface area contributed by atoms with Crippen molar-refractivity contribution in [1.82, 2.24) is 14.8 Å². The first kappa shape index (κ1) is 18.6. The van der Waals surface area contributed by atoms with Crippen LogP contribution in [0.3, 0.4) is 0 Å². The number of piperidine rings is 3. The van der Waals surface area contributed by atoms with Gasteiger partial charge < -0.3 is 9.88 Å². The fourth-order valence-electron chi connectivity index (χ4n) is 6.00. The standard InChI is InChI=1S/C24H29N3O2/c1-16-10-19(12-23(28)25-16)24(29)26-13-17-11-20(15-26)22-9-5-8-21(27(22)14-17)18-6-3-2-4-7-18/h2-4,6-7,10,12,17,20-22H,5,8-9,11,13-15H2,1H3,(H,25,28)/t17-,20+,21+,22-/m0/s1. The van der Waals surface area contributed by atoms with Crippen molar-refractivity contribution in [3.8, 4) is 0 Å². The van der Waals surface area contributed by atoms with Crippen LogP contribution in [0.2, 0.25) is 0 Å². The number of aryl methyl sites for hydroxylation is 1. The average molecular weight is 392 g/mol. The van der Waals surface area contributed by atoms with Crippen LogP contribution < -0.4 is 5.56 Å². The second kappa shape index (κ2) is 7.45. The number of nitrogens with zero attached hydrogens (tertiary/aromatic N) is 2. The van der Waals surface area contributed by atoms with E-state index in [0.717, 1.165) is 25.3 Å². The van der Waals surface area contributed by atoms with Crippen LogP contribution in [-0.4, -0.2) is 46.4 Å². The Morgan fingerprint density at radius 2 is 1.90 bits per heavy atom. The van der Waals surface area contributed by atoms with Crippen LogP contribution in [0, 0.1) is 18.8 Å². The Balaban J connectivity index is 1.37. The minimum atomic E-state index is -0.199. The van der Waals surface area contributed by atoms with Gasteiger partial charge in [-0.1, -0.05) is 30.3 Å². The van der Waals surface area contributed by atoms with Crippen molar-refractivity contribution in [3.63, 3.8) is 0 Å². The van der Waals surface area contributed by atoms with Gasteiger partial charge in [0.05, 0.1) is 0 Å². The molecule has 0 aliphatic carbocycles. The lowest BCUT2D eigenvalue weighted by molar-refractivity contribution is -0.0511. The lowest BCUT2D eigenvalue weighted by Gasteiger charge is -2.55. The maximum atomic E-state index is 13.1. The zero-order valence-electron chi connectivity index (χ0n) is 17.0. The fourth-order valence-corrected chi connectivity index (χ4v) is 6.00. The van der Waals surface area contributed by atoms with Gasteiger partial charge in [0.25, 0.3) is 5.91 Å². The monoisotopic (exact) mass is 391 g/mol. The van der Waals surface area contributed by atoms with Gasteiger partial charge in [0.1, 0.15) is 0 Å². The molecule has 0 spiro atoms. The first-order chi connectivity index (χ1) is 14.1. The van der Waals surface area contributed by atoms with E-state index in [4.69, 9.17) is 0 Å². The number of aromatic amines is 1. The Kier molecular flexibility index (Phi) is 4.78. The lowest BCUT2D eigenvalue weighted by Crippen LogP contribution is -2.60. The van der Waals surface area contributed by atoms with Gasteiger partial charge in [-0.05, 0) is 56.1 Å². The van der Waals surface area contributed by atoms with Crippen LogP contribution >= 0.6 is 0 Å². The quantitative estimate of drug-likeness (QED) is 0.854. The highest BCUT2D eigenvalue weighted by Gasteiger charge is 2.45. The molecule has 3 aliphatic rings. The summed E-state index contributed by atoms with van der Waals surface area (Å²) in [5.74, 6) is 1.06. The molecule has 1 amide bonds. The third-order valence-corrected chi connectivity index (χ3v) is 7.08. The molecule has 5 heteroatoms. The van der Waals surface area contributed by atoms with Gasteiger partial charge in [-0.25, -0.2) is 0 Å². The molecule has 3 saturated heterocycles. The molecule has 4 atom stereocenters. The van der Waals surface area contributed by atoms with Gasteiger partial charge in [-0.3, -0.25) is 14.5 Å². The molecule has 4 heterocycles. The molecule has 0 unspecified atom stereocenters. The van der Waals surface area contributed by atoms with E-state index in [9.17, 15) is 9.59 Å². The molecular formula is C24H29N3O2. The van der Waals surface area contributed by atoms with Crippen molar-refractivity contribution in [3.05, 3.63) is 69.6 Å². The fraction of sp³-hybridized carbons (Fsp3) is 0.500. The molecule has 5 nitrogen and oxygen atoms in total. The number of H-pyrrole nitrogens is 1. The number of amides is 1. The van der Waals surface area contributed by atoms with E-state index < -0.39 is 0 Å². The molecule has 152 valence electrons. The van der Waals surface area contributed by atoms with Gasteiger partial charge in [-0.15, -0.1) is 0 Å². The highest BCUT2D eigenvalue weighted by molar-refractivity contribution is 5.94. The predicted molar refractivity (Wildman–Crippen MR) is 113 cm³/mol. The molecule has 3 aliphatic heterocycles. The third-order valence-electron chi connectivity index (χ3n) is 7.08. The van der Waals surface area contributed by atoms with E-state index in [1.165, 1.54) is 37.3 Å². The van der Waals surface area contributed by atoms with E-state index in [0.29, 0.717) is 29.5 Å². The van der Waals surface area contributed by atoms with Gasteiger partial charge in [-0.2, -0.15) is 0 Å². The Labute approximate surface area is 171 Å². The number of aromatic nitrogens is 1. The first-order valence-corrected chi connectivity index (χ1v) is 10.9. The second-order valence-electron chi connectivity index (χ2n) is 9.11. The van der Waals surface area contributed by atoms with Crippen molar-refractivity contribution < 1.29 is 4.79 Å². The summed E-state index contributed by atoms with van der Waals surface area (Å²) in [6, 6.07) is 15.2. The van der Waals surface area contributed by atoms with E-state index in [-0.39, 0.29) is 11.5 Å². The summed E-state index contributed by atoms with van der Waals surface area (Å²) in [6.07, 6.45) is 4.94. The number of hydrogen-bond acceptors (Lipinski definition) is 3. The summed E-state index contributed by atoms with van der Waals surface area (Å²) in [5, 5.41) is 0. The van der Waals surface area contributed by atoms with Crippen LogP contribution in [0.15, 0.2) is 47.3 Å². The molecule has 1 aromatic carbocycles. The summed E-state index contributed by atoms with van der Waals surface area (Å²) < 4.78 is 0. The summed E-state index contributed by atoms with van der Waals surface area (Å²) in [6.45, 7) is 4.50. The van der Waals surface area contributed by atoms with Crippen molar-refractivity contribution in [2.75, 3.05) is 19.6 Å². The Hall–Kier alpha value is -2.40. The first-order valence-electron chi connectivity index (χ1n) is 10.9. The average Bonchev–Trinajstić information content (AvgIpc) is 2.72. The van der Waals surface area contributed by atoms with Crippen molar-refractivity contribution >= 4 is 5.91 Å². The number of pyridine rings is 1. The molecule has 2 bridgehead atoms. The molecule has 0 saturated carbocycles. The number of carbonyl (C=O) groups is 1. The summed E-state index contributed by atoms with van der Waals surface area (Å²) >= 11 is 0.